The first-order chi connectivity index (χ1) is 9.85. The fourth-order valence-electron chi connectivity index (χ4n) is 2.72. The van der Waals surface area contributed by atoms with Gasteiger partial charge in [-0.2, -0.15) is 10.5 Å². The van der Waals surface area contributed by atoms with E-state index in [1.165, 1.54) is 0 Å². The van der Waals surface area contributed by atoms with E-state index in [4.69, 9.17) is 0 Å². The van der Waals surface area contributed by atoms with Crippen molar-refractivity contribution in [3.8, 4) is 12.3 Å². The van der Waals surface area contributed by atoms with Gasteiger partial charge in [-0.25, -0.2) is 5.01 Å². The summed E-state index contributed by atoms with van der Waals surface area (Å²) in [6.07, 6.45) is 4.36. The first kappa shape index (κ1) is 12.3. The molecule has 20 heavy (non-hydrogen) atoms. The molecule has 1 aliphatic heterocycles. The Morgan fingerprint density at radius 2 is 1.65 bits per heavy atom. The van der Waals surface area contributed by atoms with Gasteiger partial charge in [0.2, 0.25) is 0 Å². The highest BCUT2D eigenvalue weighted by Gasteiger charge is 2.21. The predicted octanol–water partition coefficient (Wildman–Crippen LogP) is 3.01. The van der Waals surface area contributed by atoms with E-state index >= 15 is 0 Å². The molecule has 0 saturated carbocycles. The van der Waals surface area contributed by atoms with E-state index in [0.29, 0.717) is 5.56 Å². The van der Waals surface area contributed by atoms with Gasteiger partial charge in [0.25, 0.3) is 0 Å². The third-order valence-electron chi connectivity index (χ3n) is 3.70. The number of nitriles is 2. The zero-order chi connectivity index (χ0) is 13.9. The molecule has 0 aliphatic carbocycles. The Balaban J connectivity index is 2.17. The highest BCUT2D eigenvalue weighted by molar-refractivity contribution is 5.97. The Bertz CT molecular complexity index is 723. The summed E-state index contributed by atoms with van der Waals surface area (Å²) in [5.74, 6) is 0. The summed E-state index contributed by atoms with van der Waals surface area (Å²) >= 11 is 0. The normalized spacial score (nSPS) is 14.9. The number of anilines is 1. The molecule has 1 heterocycles. The van der Waals surface area contributed by atoms with Gasteiger partial charge in [0, 0.05) is 17.3 Å². The zero-order valence-corrected chi connectivity index (χ0v) is 11.1. The molecule has 3 rings (SSSR count). The van der Waals surface area contributed by atoms with Crippen LogP contribution >= 0.6 is 0 Å². The average Bonchev–Trinajstić information content (AvgIpc) is 2.53. The van der Waals surface area contributed by atoms with Crippen molar-refractivity contribution in [2.24, 2.45) is 0 Å². The van der Waals surface area contributed by atoms with Gasteiger partial charge in [-0.1, -0.05) is 24.3 Å². The standard InChI is InChI=1S/C16H14N4/c17-11-13-7-8-16(15-6-2-1-5-14(13)15)20-10-4-3-9-19(20)12-18/h1-2,5-8H,3-4,9-10H2. The molecule has 2 aromatic rings. The van der Waals surface area contributed by atoms with Crippen LogP contribution in [0.5, 0.6) is 0 Å². The van der Waals surface area contributed by atoms with Crippen molar-refractivity contribution in [3.05, 3.63) is 42.0 Å². The Kier molecular flexibility index (Phi) is 3.15. The van der Waals surface area contributed by atoms with Crippen LogP contribution in [0.2, 0.25) is 0 Å². The summed E-state index contributed by atoms with van der Waals surface area (Å²) in [5.41, 5.74) is 1.67. The van der Waals surface area contributed by atoms with Crippen molar-refractivity contribution < 1.29 is 0 Å². The number of hydrazine groups is 1. The minimum Gasteiger partial charge on any atom is -0.276 e. The van der Waals surface area contributed by atoms with Crippen molar-refractivity contribution >= 4 is 16.5 Å². The van der Waals surface area contributed by atoms with Gasteiger partial charge in [0.1, 0.15) is 0 Å². The summed E-state index contributed by atoms with van der Waals surface area (Å²) in [6.45, 7) is 1.59. The molecule has 2 aromatic carbocycles. The topological polar surface area (TPSA) is 54.1 Å². The molecule has 0 radical (unpaired) electrons. The van der Waals surface area contributed by atoms with Crippen molar-refractivity contribution in [1.29, 1.82) is 10.5 Å². The summed E-state index contributed by atoms with van der Waals surface area (Å²) in [6, 6.07) is 13.9. The minimum absolute atomic E-state index is 0.671. The maximum Gasteiger partial charge on any atom is 0.200 e. The second-order valence-corrected chi connectivity index (χ2v) is 4.84. The second kappa shape index (κ2) is 5.11. The number of hydrogen-bond donors (Lipinski definition) is 0. The predicted molar refractivity (Wildman–Crippen MR) is 77.6 cm³/mol. The number of benzene rings is 2. The summed E-state index contributed by atoms with van der Waals surface area (Å²) in [5, 5.41) is 24.2. The van der Waals surface area contributed by atoms with Gasteiger partial charge in [-0.3, -0.25) is 5.01 Å². The molecule has 4 nitrogen and oxygen atoms in total. The quantitative estimate of drug-likeness (QED) is 0.741. The third kappa shape index (κ3) is 1.92. The molecule has 0 aromatic heterocycles. The number of hydrogen-bond acceptors (Lipinski definition) is 4. The van der Waals surface area contributed by atoms with Crippen LogP contribution in [0.3, 0.4) is 0 Å². The Labute approximate surface area is 118 Å². The maximum atomic E-state index is 9.28. The third-order valence-corrected chi connectivity index (χ3v) is 3.70. The second-order valence-electron chi connectivity index (χ2n) is 4.84. The lowest BCUT2D eigenvalue weighted by atomic mass is 10.0. The molecule has 0 unspecified atom stereocenters. The van der Waals surface area contributed by atoms with E-state index < -0.39 is 0 Å². The van der Waals surface area contributed by atoms with Crippen LogP contribution < -0.4 is 5.01 Å². The highest BCUT2D eigenvalue weighted by Crippen LogP contribution is 2.31. The first-order valence-corrected chi connectivity index (χ1v) is 6.71. The first-order valence-electron chi connectivity index (χ1n) is 6.71. The zero-order valence-electron chi connectivity index (χ0n) is 11.1. The molecule has 1 aliphatic rings. The molecule has 1 fully saturated rings. The Hall–Kier alpha value is -2.72. The summed E-state index contributed by atoms with van der Waals surface area (Å²) < 4.78 is 0. The van der Waals surface area contributed by atoms with E-state index in [9.17, 15) is 10.5 Å². The molecule has 0 spiro atoms. The number of fused-ring (bicyclic) bond motifs is 1. The van der Waals surface area contributed by atoms with Gasteiger partial charge in [0.15, 0.2) is 6.19 Å². The minimum atomic E-state index is 0.671. The highest BCUT2D eigenvalue weighted by atomic mass is 15.6. The van der Waals surface area contributed by atoms with Gasteiger partial charge in [0.05, 0.1) is 23.9 Å². The van der Waals surface area contributed by atoms with Crippen molar-refractivity contribution in [3.63, 3.8) is 0 Å². The fraction of sp³-hybridized carbons (Fsp3) is 0.250. The van der Waals surface area contributed by atoms with Crippen LogP contribution in [0, 0.1) is 22.8 Å². The lowest BCUT2D eigenvalue weighted by molar-refractivity contribution is 0.305. The monoisotopic (exact) mass is 262 g/mol. The molecule has 98 valence electrons. The van der Waals surface area contributed by atoms with E-state index in [-0.39, 0.29) is 0 Å². The maximum absolute atomic E-state index is 9.28. The van der Waals surface area contributed by atoms with Crippen LogP contribution in [-0.4, -0.2) is 18.1 Å². The molecule has 0 atom stereocenters. The van der Waals surface area contributed by atoms with E-state index in [1.54, 1.807) is 5.01 Å². The van der Waals surface area contributed by atoms with Crippen LogP contribution in [0.1, 0.15) is 18.4 Å². The molecular weight excluding hydrogens is 248 g/mol. The molecule has 0 N–H and O–H groups in total. The Morgan fingerprint density at radius 1 is 0.900 bits per heavy atom. The van der Waals surface area contributed by atoms with Gasteiger partial charge < -0.3 is 0 Å². The molecule has 1 saturated heterocycles. The molecule has 0 bridgehead atoms. The van der Waals surface area contributed by atoms with Crippen molar-refractivity contribution in [2.45, 2.75) is 12.8 Å². The van der Waals surface area contributed by atoms with E-state index in [1.807, 2.05) is 41.4 Å². The molecule has 0 amide bonds. The van der Waals surface area contributed by atoms with Gasteiger partial charge in [-0.15, -0.1) is 0 Å². The summed E-state index contributed by atoms with van der Waals surface area (Å²) in [7, 11) is 0. The number of rotatable bonds is 1. The van der Waals surface area contributed by atoms with Crippen LogP contribution in [0.15, 0.2) is 36.4 Å². The lowest BCUT2D eigenvalue weighted by Crippen LogP contribution is -2.44. The van der Waals surface area contributed by atoms with Gasteiger partial charge in [-0.05, 0) is 25.0 Å². The van der Waals surface area contributed by atoms with Crippen LogP contribution in [0.25, 0.3) is 10.8 Å². The number of nitrogens with zero attached hydrogens (tertiary/aromatic N) is 4. The summed E-state index contributed by atoms with van der Waals surface area (Å²) in [4.78, 5) is 0. The average molecular weight is 262 g/mol. The molecular formula is C16H14N4. The van der Waals surface area contributed by atoms with Gasteiger partial charge >= 0.3 is 0 Å². The fourth-order valence-corrected chi connectivity index (χ4v) is 2.72. The Morgan fingerprint density at radius 3 is 2.40 bits per heavy atom. The van der Waals surface area contributed by atoms with Crippen molar-refractivity contribution in [2.75, 3.05) is 18.1 Å². The molecule has 4 heteroatoms. The lowest BCUT2D eigenvalue weighted by Gasteiger charge is -2.37. The van der Waals surface area contributed by atoms with Crippen molar-refractivity contribution in [1.82, 2.24) is 5.01 Å². The van der Waals surface area contributed by atoms with E-state index in [2.05, 4.69) is 12.3 Å². The van der Waals surface area contributed by atoms with Crippen LogP contribution in [0.4, 0.5) is 5.69 Å². The smallest absolute Gasteiger partial charge is 0.200 e. The largest absolute Gasteiger partial charge is 0.276 e. The van der Waals surface area contributed by atoms with Crippen LogP contribution in [-0.2, 0) is 0 Å². The van der Waals surface area contributed by atoms with E-state index in [0.717, 1.165) is 42.4 Å². The SMILES string of the molecule is N#Cc1ccc(N2CCCCN2C#N)c2ccccc12.